The molecule has 0 saturated carbocycles. The first kappa shape index (κ1) is 18.4. The molecule has 3 heteroatoms. The van der Waals surface area contributed by atoms with Gasteiger partial charge in [0.25, 0.3) is 5.91 Å². The summed E-state index contributed by atoms with van der Waals surface area (Å²) < 4.78 is 0. The Morgan fingerprint density at radius 3 is 2.41 bits per heavy atom. The molecule has 0 atom stereocenters. The van der Waals surface area contributed by atoms with Crippen LogP contribution in [0.2, 0.25) is 0 Å². The first-order valence-electron chi connectivity index (χ1n) is 8.14. The number of rotatable bonds is 7. The fraction of sp³-hybridized carbons (Fsp3) is 0.526. The number of aryl methyl sites for hydroxylation is 1. The smallest absolute Gasteiger partial charge is 0.251 e. The molecule has 0 aliphatic heterocycles. The zero-order chi connectivity index (χ0) is 16.7. The van der Waals surface area contributed by atoms with Crippen molar-refractivity contribution in [2.24, 2.45) is 0 Å². The molecule has 3 nitrogen and oxygen atoms in total. The van der Waals surface area contributed by atoms with E-state index in [4.69, 9.17) is 0 Å². The fourth-order valence-corrected chi connectivity index (χ4v) is 2.65. The molecule has 0 aliphatic rings. The van der Waals surface area contributed by atoms with Crippen molar-refractivity contribution < 1.29 is 4.79 Å². The lowest BCUT2D eigenvalue weighted by Gasteiger charge is -2.30. The number of carbonyl (C=O) groups is 1. The Morgan fingerprint density at radius 1 is 1.23 bits per heavy atom. The molecular formula is C19H30N2O. The van der Waals surface area contributed by atoms with Gasteiger partial charge in [-0.1, -0.05) is 18.2 Å². The van der Waals surface area contributed by atoms with Crippen molar-refractivity contribution in [3.63, 3.8) is 0 Å². The summed E-state index contributed by atoms with van der Waals surface area (Å²) in [5, 5.41) is 3.02. The van der Waals surface area contributed by atoms with Gasteiger partial charge in [-0.3, -0.25) is 9.69 Å². The molecule has 0 unspecified atom stereocenters. The van der Waals surface area contributed by atoms with Gasteiger partial charge < -0.3 is 5.32 Å². The second-order valence-corrected chi connectivity index (χ2v) is 6.25. The number of hydrogen-bond acceptors (Lipinski definition) is 2. The second kappa shape index (κ2) is 8.74. The van der Waals surface area contributed by atoms with E-state index in [1.807, 2.05) is 37.3 Å². The van der Waals surface area contributed by atoms with Crippen LogP contribution >= 0.6 is 0 Å². The Hall–Kier alpha value is -1.61. The normalized spacial score (nSPS) is 11.9. The number of nitrogens with zero attached hydrogens (tertiary/aromatic N) is 1. The van der Waals surface area contributed by atoms with E-state index in [9.17, 15) is 4.79 Å². The molecule has 0 spiro atoms. The van der Waals surface area contributed by atoms with Gasteiger partial charge >= 0.3 is 0 Å². The van der Waals surface area contributed by atoms with Crippen molar-refractivity contribution in [3.05, 3.63) is 41.0 Å². The summed E-state index contributed by atoms with van der Waals surface area (Å²) in [4.78, 5) is 14.7. The summed E-state index contributed by atoms with van der Waals surface area (Å²) >= 11 is 0. The quantitative estimate of drug-likeness (QED) is 0.829. The van der Waals surface area contributed by atoms with Crippen molar-refractivity contribution >= 4 is 12.0 Å². The van der Waals surface area contributed by atoms with Crippen LogP contribution in [0.5, 0.6) is 0 Å². The van der Waals surface area contributed by atoms with Crippen LogP contribution in [-0.4, -0.2) is 36.0 Å². The van der Waals surface area contributed by atoms with Crippen LogP contribution in [-0.2, 0) is 0 Å². The third kappa shape index (κ3) is 5.30. The largest absolute Gasteiger partial charge is 0.351 e. The lowest BCUT2D eigenvalue weighted by molar-refractivity contribution is 0.0939. The van der Waals surface area contributed by atoms with E-state index >= 15 is 0 Å². The zero-order valence-electron chi connectivity index (χ0n) is 14.8. The van der Waals surface area contributed by atoms with E-state index in [-0.39, 0.29) is 5.91 Å². The van der Waals surface area contributed by atoms with Gasteiger partial charge in [-0.05, 0) is 64.8 Å². The first-order chi connectivity index (χ1) is 10.4. The standard InChI is InChI=1S/C19H30N2O/c1-7-8-17-13-18(10-9-16(17)6)19(22)20-11-12-21(14(2)3)15(4)5/h7-10,13-15H,11-12H2,1-6H3,(H,20,22)/b8-7-. The van der Waals surface area contributed by atoms with E-state index in [2.05, 4.69) is 44.8 Å². The predicted molar refractivity (Wildman–Crippen MR) is 95.2 cm³/mol. The summed E-state index contributed by atoms with van der Waals surface area (Å²) in [5.41, 5.74) is 3.00. The third-order valence-electron chi connectivity index (χ3n) is 3.87. The summed E-state index contributed by atoms with van der Waals surface area (Å²) in [6, 6.07) is 6.81. The molecule has 0 radical (unpaired) electrons. The minimum absolute atomic E-state index is 0.00165. The van der Waals surface area contributed by atoms with Crippen molar-refractivity contribution in [2.75, 3.05) is 13.1 Å². The maximum absolute atomic E-state index is 12.3. The molecule has 0 fully saturated rings. The predicted octanol–water partition coefficient (Wildman–Crippen LogP) is 3.88. The van der Waals surface area contributed by atoms with Crippen LogP contribution in [0.3, 0.4) is 0 Å². The molecule has 0 saturated heterocycles. The van der Waals surface area contributed by atoms with Gasteiger partial charge in [-0.15, -0.1) is 0 Å². The van der Waals surface area contributed by atoms with Gasteiger partial charge in [-0.25, -0.2) is 0 Å². The van der Waals surface area contributed by atoms with Crippen LogP contribution in [0.4, 0.5) is 0 Å². The molecule has 22 heavy (non-hydrogen) atoms. The van der Waals surface area contributed by atoms with Gasteiger partial charge in [0, 0.05) is 30.7 Å². The highest BCUT2D eigenvalue weighted by atomic mass is 16.1. The van der Waals surface area contributed by atoms with Crippen LogP contribution in [0.1, 0.15) is 56.1 Å². The van der Waals surface area contributed by atoms with E-state index < -0.39 is 0 Å². The summed E-state index contributed by atoms with van der Waals surface area (Å²) in [7, 11) is 0. The fourth-order valence-electron chi connectivity index (χ4n) is 2.65. The van der Waals surface area contributed by atoms with Crippen LogP contribution in [0.25, 0.3) is 6.08 Å². The molecule has 0 bridgehead atoms. The van der Waals surface area contributed by atoms with E-state index in [0.717, 1.165) is 17.7 Å². The second-order valence-electron chi connectivity index (χ2n) is 6.25. The van der Waals surface area contributed by atoms with Crippen molar-refractivity contribution in [1.82, 2.24) is 10.2 Å². The molecule has 1 N–H and O–H groups in total. The van der Waals surface area contributed by atoms with E-state index in [1.165, 1.54) is 5.56 Å². The lowest BCUT2D eigenvalue weighted by Crippen LogP contribution is -2.42. The summed E-state index contributed by atoms with van der Waals surface area (Å²) in [6.45, 7) is 14.3. The molecule has 0 aliphatic carbocycles. The molecular weight excluding hydrogens is 272 g/mol. The van der Waals surface area contributed by atoms with Gasteiger partial charge in [0.1, 0.15) is 0 Å². The number of hydrogen-bond donors (Lipinski definition) is 1. The molecule has 0 heterocycles. The van der Waals surface area contributed by atoms with Gasteiger partial charge in [-0.2, -0.15) is 0 Å². The minimum Gasteiger partial charge on any atom is -0.351 e. The maximum Gasteiger partial charge on any atom is 0.251 e. The van der Waals surface area contributed by atoms with Gasteiger partial charge in [0.2, 0.25) is 0 Å². The topological polar surface area (TPSA) is 32.3 Å². The monoisotopic (exact) mass is 302 g/mol. The highest BCUT2D eigenvalue weighted by molar-refractivity contribution is 5.94. The summed E-state index contributed by atoms with van der Waals surface area (Å²) in [5.74, 6) is -0.00165. The number of carbonyl (C=O) groups excluding carboxylic acids is 1. The molecule has 1 aromatic carbocycles. The molecule has 1 aromatic rings. The number of amides is 1. The Bertz CT molecular complexity index is 510. The van der Waals surface area contributed by atoms with Crippen LogP contribution in [0.15, 0.2) is 24.3 Å². The highest BCUT2D eigenvalue weighted by Crippen LogP contribution is 2.13. The number of allylic oxidation sites excluding steroid dienone is 1. The van der Waals surface area contributed by atoms with Crippen LogP contribution in [0, 0.1) is 6.92 Å². The first-order valence-corrected chi connectivity index (χ1v) is 8.14. The average molecular weight is 302 g/mol. The molecule has 1 amide bonds. The average Bonchev–Trinajstić information content (AvgIpc) is 2.45. The Kier molecular flexibility index (Phi) is 7.33. The van der Waals surface area contributed by atoms with E-state index in [0.29, 0.717) is 18.6 Å². The van der Waals surface area contributed by atoms with Crippen molar-refractivity contribution in [2.45, 2.75) is 53.6 Å². The summed E-state index contributed by atoms with van der Waals surface area (Å²) in [6.07, 6.45) is 4.03. The Labute approximate surface area is 135 Å². The number of benzene rings is 1. The maximum atomic E-state index is 12.3. The minimum atomic E-state index is -0.00165. The Morgan fingerprint density at radius 2 is 1.86 bits per heavy atom. The van der Waals surface area contributed by atoms with Crippen LogP contribution < -0.4 is 5.32 Å². The SMILES string of the molecule is C/C=C\c1cc(C(=O)NCCN(C(C)C)C(C)C)ccc1C. The highest BCUT2D eigenvalue weighted by Gasteiger charge is 2.13. The van der Waals surface area contributed by atoms with Crippen molar-refractivity contribution in [1.29, 1.82) is 0 Å². The van der Waals surface area contributed by atoms with E-state index in [1.54, 1.807) is 0 Å². The van der Waals surface area contributed by atoms with Gasteiger partial charge in [0.05, 0.1) is 0 Å². The molecule has 1 rings (SSSR count). The molecule has 122 valence electrons. The lowest BCUT2D eigenvalue weighted by atomic mass is 10.0. The van der Waals surface area contributed by atoms with Crippen molar-refractivity contribution in [3.8, 4) is 0 Å². The Balaban J connectivity index is 2.64. The zero-order valence-corrected chi connectivity index (χ0v) is 14.8. The van der Waals surface area contributed by atoms with Gasteiger partial charge in [0.15, 0.2) is 0 Å². The number of nitrogens with one attached hydrogen (secondary N) is 1. The molecule has 0 aromatic heterocycles. The third-order valence-corrected chi connectivity index (χ3v) is 3.87.